The Kier molecular flexibility index (Phi) is 8.65. The normalized spacial score (nSPS) is 17.2. The number of benzene rings is 1. The third-order valence-corrected chi connectivity index (χ3v) is 7.53. The van der Waals surface area contributed by atoms with Gasteiger partial charge in [0.05, 0.1) is 10.8 Å². The quantitative estimate of drug-likeness (QED) is 0.611. The lowest BCUT2D eigenvalue weighted by molar-refractivity contribution is -0.153. The van der Waals surface area contributed by atoms with E-state index in [0.717, 1.165) is 18.4 Å². The molecular formula is C23H36N2O5S. The van der Waals surface area contributed by atoms with Gasteiger partial charge in [0.2, 0.25) is 10.0 Å². The van der Waals surface area contributed by atoms with E-state index in [0.29, 0.717) is 12.8 Å². The van der Waals surface area contributed by atoms with Crippen molar-refractivity contribution >= 4 is 21.9 Å². The topological polar surface area (TPSA) is 92.8 Å². The summed E-state index contributed by atoms with van der Waals surface area (Å²) in [5.74, 6) is -1.14. The molecule has 0 aliphatic carbocycles. The number of carbonyl (C=O) groups is 2. The number of sulfonamides is 1. The lowest BCUT2D eigenvalue weighted by Gasteiger charge is -2.30. The third-order valence-electron chi connectivity index (χ3n) is 5.62. The minimum atomic E-state index is -3.60. The number of hydrogen-bond acceptors (Lipinski definition) is 5. The fourth-order valence-electron chi connectivity index (χ4n) is 3.68. The first kappa shape index (κ1) is 25.3. The molecular weight excluding hydrogens is 416 g/mol. The van der Waals surface area contributed by atoms with Crippen LogP contribution < -0.4 is 5.32 Å². The van der Waals surface area contributed by atoms with E-state index >= 15 is 0 Å². The van der Waals surface area contributed by atoms with Crippen molar-refractivity contribution < 1.29 is 22.7 Å². The molecule has 1 saturated heterocycles. The number of carbonyl (C=O) groups excluding carboxylic acids is 2. The molecule has 31 heavy (non-hydrogen) atoms. The zero-order valence-corrected chi connectivity index (χ0v) is 20.1. The highest BCUT2D eigenvalue weighted by atomic mass is 32.2. The van der Waals surface area contributed by atoms with E-state index in [1.807, 2.05) is 26.0 Å². The minimum Gasteiger partial charge on any atom is -0.455 e. The predicted molar refractivity (Wildman–Crippen MR) is 120 cm³/mol. The number of rotatable bonds is 8. The maximum atomic E-state index is 13.0. The minimum absolute atomic E-state index is 0.0436. The van der Waals surface area contributed by atoms with Gasteiger partial charge in [-0.25, -0.2) is 8.42 Å². The van der Waals surface area contributed by atoms with Crippen LogP contribution in [0.3, 0.4) is 0 Å². The zero-order valence-electron chi connectivity index (χ0n) is 19.3. The molecule has 0 radical (unpaired) electrons. The Hall–Kier alpha value is -1.93. The molecule has 1 amide bonds. The largest absolute Gasteiger partial charge is 0.455 e. The molecule has 1 unspecified atom stereocenters. The van der Waals surface area contributed by atoms with Crippen molar-refractivity contribution in [2.45, 2.75) is 76.7 Å². The van der Waals surface area contributed by atoms with Crippen LogP contribution in [0.5, 0.6) is 0 Å². The molecule has 1 aliphatic rings. The van der Waals surface area contributed by atoms with Crippen LogP contribution in [0.4, 0.5) is 0 Å². The van der Waals surface area contributed by atoms with Gasteiger partial charge in [0, 0.05) is 19.1 Å². The molecule has 1 atom stereocenters. The molecule has 1 aromatic rings. The van der Waals surface area contributed by atoms with Gasteiger partial charge in [0.25, 0.3) is 5.91 Å². The van der Waals surface area contributed by atoms with Crippen LogP contribution in [-0.2, 0) is 29.8 Å². The fourth-order valence-corrected chi connectivity index (χ4v) is 5.15. The Morgan fingerprint density at radius 2 is 1.74 bits per heavy atom. The summed E-state index contributed by atoms with van der Waals surface area (Å²) < 4.78 is 32.5. The van der Waals surface area contributed by atoms with Gasteiger partial charge in [-0.05, 0) is 49.3 Å². The molecule has 174 valence electrons. The van der Waals surface area contributed by atoms with E-state index in [-0.39, 0.29) is 42.0 Å². The summed E-state index contributed by atoms with van der Waals surface area (Å²) in [4.78, 5) is 24.4. The van der Waals surface area contributed by atoms with Gasteiger partial charge in [0.1, 0.15) is 0 Å². The second-order valence-corrected chi connectivity index (χ2v) is 11.3. The average molecular weight is 453 g/mol. The predicted octanol–water partition coefficient (Wildman–Crippen LogP) is 3.23. The monoisotopic (exact) mass is 452 g/mol. The Balaban J connectivity index is 1.87. The highest BCUT2D eigenvalue weighted by Crippen LogP contribution is 2.27. The standard InChI is InChI=1S/C23H36N2O5S/c1-6-7-17(2)24-21(26)16-30-22(27)18-12-14-25(15-13-18)31(28,29)20-10-8-19(9-11-20)23(3,4)5/h8-11,17-18H,6-7,12-16H2,1-5H3,(H,24,26). The molecule has 1 N–H and O–H groups in total. The number of esters is 1. The Bertz CT molecular complexity index is 851. The van der Waals surface area contributed by atoms with Crippen molar-refractivity contribution in [3.05, 3.63) is 29.8 Å². The van der Waals surface area contributed by atoms with Gasteiger partial charge in [-0.3, -0.25) is 9.59 Å². The van der Waals surface area contributed by atoms with Gasteiger partial charge in [-0.15, -0.1) is 0 Å². The molecule has 1 aromatic carbocycles. The number of amides is 1. The van der Waals surface area contributed by atoms with Crippen molar-refractivity contribution in [2.75, 3.05) is 19.7 Å². The van der Waals surface area contributed by atoms with Gasteiger partial charge >= 0.3 is 5.97 Å². The van der Waals surface area contributed by atoms with Crippen molar-refractivity contribution in [3.63, 3.8) is 0 Å². The van der Waals surface area contributed by atoms with Crippen molar-refractivity contribution in [2.24, 2.45) is 5.92 Å². The first-order valence-corrected chi connectivity index (χ1v) is 12.5. The summed E-state index contributed by atoms with van der Waals surface area (Å²) >= 11 is 0. The number of ether oxygens (including phenoxy) is 1. The smallest absolute Gasteiger partial charge is 0.309 e. The Morgan fingerprint density at radius 3 is 2.26 bits per heavy atom. The van der Waals surface area contributed by atoms with E-state index in [1.165, 1.54) is 4.31 Å². The summed E-state index contributed by atoms with van der Waals surface area (Å²) in [6.45, 7) is 10.4. The molecule has 0 saturated carbocycles. The summed E-state index contributed by atoms with van der Waals surface area (Å²) in [7, 11) is -3.60. The molecule has 1 heterocycles. The van der Waals surface area contributed by atoms with Crippen molar-refractivity contribution in [3.8, 4) is 0 Å². The van der Waals surface area contributed by atoms with E-state index < -0.39 is 21.9 Å². The molecule has 1 aliphatic heterocycles. The van der Waals surface area contributed by atoms with Crippen LogP contribution in [0.1, 0.15) is 65.9 Å². The highest BCUT2D eigenvalue weighted by Gasteiger charge is 2.33. The van der Waals surface area contributed by atoms with Gasteiger partial charge < -0.3 is 10.1 Å². The lowest BCUT2D eigenvalue weighted by atomic mass is 9.87. The number of nitrogens with zero attached hydrogens (tertiary/aromatic N) is 1. The van der Waals surface area contributed by atoms with Crippen LogP contribution in [0, 0.1) is 5.92 Å². The molecule has 0 spiro atoms. The summed E-state index contributed by atoms with van der Waals surface area (Å²) in [5, 5.41) is 2.79. The average Bonchev–Trinajstić information content (AvgIpc) is 2.71. The van der Waals surface area contributed by atoms with Crippen molar-refractivity contribution in [1.29, 1.82) is 0 Å². The molecule has 2 rings (SSSR count). The van der Waals surface area contributed by atoms with Gasteiger partial charge in [0.15, 0.2) is 6.61 Å². The van der Waals surface area contributed by atoms with E-state index in [1.54, 1.807) is 12.1 Å². The van der Waals surface area contributed by atoms with Gasteiger partial charge in [-0.1, -0.05) is 46.2 Å². The second kappa shape index (κ2) is 10.6. The molecule has 0 aromatic heterocycles. The summed E-state index contributed by atoms with van der Waals surface area (Å²) in [5.41, 5.74) is 1.02. The van der Waals surface area contributed by atoms with Crippen LogP contribution in [0.25, 0.3) is 0 Å². The molecule has 8 heteroatoms. The Morgan fingerprint density at radius 1 is 1.16 bits per heavy atom. The first-order chi connectivity index (χ1) is 14.4. The third kappa shape index (κ3) is 7.04. The lowest BCUT2D eigenvalue weighted by Crippen LogP contribution is -2.41. The second-order valence-electron chi connectivity index (χ2n) is 9.32. The van der Waals surface area contributed by atoms with Gasteiger partial charge in [-0.2, -0.15) is 4.31 Å². The summed E-state index contributed by atoms with van der Waals surface area (Å²) in [6.07, 6.45) is 2.59. The molecule has 0 bridgehead atoms. The first-order valence-electron chi connectivity index (χ1n) is 11.0. The number of hydrogen-bond donors (Lipinski definition) is 1. The zero-order chi connectivity index (χ0) is 23.2. The van der Waals surface area contributed by atoms with Crippen LogP contribution in [-0.4, -0.2) is 50.3 Å². The van der Waals surface area contributed by atoms with Crippen LogP contribution in [0.2, 0.25) is 0 Å². The summed E-state index contributed by atoms with van der Waals surface area (Å²) in [6, 6.07) is 7.04. The van der Waals surface area contributed by atoms with E-state index in [2.05, 4.69) is 26.1 Å². The molecule has 7 nitrogen and oxygen atoms in total. The Labute approximate surface area is 186 Å². The number of piperidine rings is 1. The van der Waals surface area contributed by atoms with Crippen LogP contribution >= 0.6 is 0 Å². The SMILES string of the molecule is CCCC(C)NC(=O)COC(=O)C1CCN(S(=O)(=O)c2ccc(C(C)(C)C)cc2)CC1. The maximum absolute atomic E-state index is 13.0. The fraction of sp³-hybridized carbons (Fsp3) is 0.652. The molecule has 1 fully saturated rings. The maximum Gasteiger partial charge on any atom is 0.309 e. The van der Waals surface area contributed by atoms with E-state index in [4.69, 9.17) is 4.74 Å². The van der Waals surface area contributed by atoms with Crippen LogP contribution in [0.15, 0.2) is 29.2 Å². The highest BCUT2D eigenvalue weighted by molar-refractivity contribution is 7.89. The number of nitrogens with one attached hydrogen (secondary N) is 1. The van der Waals surface area contributed by atoms with E-state index in [9.17, 15) is 18.0 Å². The van der Waals surface area contributed by atoms with Crippen molar-refractivity contribution in [1.82, 2.24) is 9.62 Å².